The molecule has 0 aliphatic carbocycles. The Balaban J connectivity index is 1.84. The average Bonchev–Trinajstić information content (AvgIpc) is 2.95. The van der Waals surface area contributed by atoms with E-state index in [0.717, 1.165) is 17.7 Å². The predicted octanol–water partition coefficient (Wildman–Crippen LogP) is 2.61. The normalized spacial score (nSPS) is 21.4. The van der Waals surface area contributed by atoms with Crippen LogP contribution < -0.4 is 4.72 Å². The van der Waals surface area contributed by atoms with Crippen molar-refractivity contribution in [2.75, 3.05) is 20.1 Å². The Hall–Kier alpha value is -1.83. The van der Waals surface area contributed by atoms with Gasteiger partial charge >= 0.3 is 0 Å². The van der Waals surface area contributed by atoms with Crippen LogP contribution in [0.5, 0.6) is 0 Å². The van der Waals surface area contributed by atoms with Gasteiger partial charge in [-0.15, -0.1) is 0 Å². The van der Waals surface area contributed by atoms with Gasteiger partial charge in [-0.25, -0.2) is 18.1 Å². The number of halogens is 1. The molecule has 0 radical (unpaired) electrons. The van der Waals surface area contributed by atoms with Gasteiger partial charge in [0.15, 0.2) is 0 Å². The quantitative estimate of drug-likeness (QED) is 0.814. The fourth-order valence-electron chi connectivity index (χ4n) is 3.32. The highest BCUT2D eigenvalue weighted by Crippen LogP contribution is 2.30. The van der Waals surface area contributed by atoms with E-state index in [-0.39, 0.29) is 12.0 Å². The summed E-state index contributed by atoms with van der Waals surface area (Å²) in [7, 11) is -1.36. The standard InChI is InChI=1S/C19H24FN3O2S/c1-13(2)26(24,25)22-18-12-23(3)11-17(18)15-8-6-14(7-9-15)16-5-4-10-21-19(16)20/h4-10,13,17-18,22H,11-12H2,1-3H3/t17-,18+/m1/s1. The van der Waals surface area contributed by atoms with Crippen LogP contribution in [0.3, 0.4) is 0 Å². The van der Waals surface area contributed by atoms with Gasteiger partial charge < -0.3 is 4.90 Å². The first kappa shape index (κ1) is 18.9. The molecule has 0 spiro atoms. The van der Waals surface area contributed by atoms with E-state index in [1.807, 2.05) is 31.3 Å². The molecule has 5 nitrogen and oxygen atoms in total. The zero-order valence-electron chi connectivity index (χ0n) is 15.2. The van der Waals surface area contributed by atoms with Crippen molar-refractivity contribution in [1.82, 2.24) is 14.6 Å². The van der Waals surface area contributed by atoms with Crippen LogP contribution in [0.15, 0.2) is 42.6 Å². The minimum Gasteiger partial charge on any atom is -0.304 e. The molecule has 3 rings (SSSR count). The SMILES string of the molecule is CC(C)S(=O)(=O)N[C@H]1CN(C)C[C@@H]1c1ccc(-c2cccnc2F)cc1. The van der Waals surface area contributed by atoms with Crippen molar-refractivity contribution in [3.63, 3.8) is 0 Å². The summed E-state index contributed by atoms with van der Waals surface area (Å²) in [5.41, 5.74) is 2.25. The number of sulfonamides is 1. The Morgan fingerprint density at radius 3 is 2.50 bits per heavy atom. The van der Waals surface area contributed by atoms with Crippen molar-refractivity contribution >= 4 is 10.0 Å². The second kappa shape index (κ2) is 7.42. The zero-order valence-corrected chi connectivity index (χ0v) is 16.0. The van der Waals surface area contributed by atoms with Gasteiger partial charge in [-0.3, -0.25) is 0 Å². The summed E-state index contributed by atoms with van der Waals surface area (Å²) in [6, 6.07) is 10.8. The van der Waals surface area contributed by atoms with Crippen LogP contribution in [-0.2, 0) is 10.0 Å². The van der Waals surface area contributed by atoms with Gasteiger partial charge in [-0.2, -0.15) is 4.39 Å². The van der Waals surface area contributed by atoms with Crippen LogP contribution in [0.4, 0.5) is 4.39 Å². The first-order chi connectivity index (χ1) is 12.3. The monoisotopic (exact) mass is 377 g/mol. The molecular weight excluding hydrogens is 353 g/mol. The van der Waals surface area contributed by atoms with E-state index >= 15 is 0 Å². The fraction of sp³-hybridized carbons (Fsp3) is 0.421. The van der Waals surface area contributed by atoms with E-state index in [1.54, 1.807) is 26.0 Å². The molecule has 0 unspecified atom stereocenters. The molecule has 26 heavy (non-hydrogen) atoms. The van der Waals surface area contributed by atoms with Crippen molar-refractivity contribution in [3.8, 4) is 11.1 Å². The Morgan fingerprint density at radius 1 is 1.19 bits per heavy atom. The van der Waals surface area contributed by atoms with Crippen molar-refractivity contribution in [2.24, 2.45) is 0 Å². The van der Waals surface area contributed by atoms with Gasteiger partial charge in [-0.1, -0.05) is 24.3 Å². The third-order valence-electron chi connectivity index (χ3n) is 4.85. The Morgan fingerprint density at radius 2 is 1.88 bits per heavy atom. The van der Waals surface area contributed by atoms with Gasteiger partial charge in [-0.05, 0) is 44.2 Å². The molecule has 0 amide bonds. The largest absolute Gasteiger partial charge is 0.304 e. The summed E-state index contributed by atoms with van der Waals surface area (Å²) in [6.45, 7) is 4.78. The molecule has 1 N–H and O–H groups in total. The molecule has 2 atom stereocenters. The van der Waals surface area contributed by atoms with E-state index in [1.165, 1.54) is 6.20 Å². The number of pyridine rings is 1. The topological polar surface area (TPSA) is 62.3 Å². The molecule has 1 aromatic heterocycles. The summed E-state index contributed by atoms with van der Waals surface area (Å²) in [4.78, 5) is 5.80. The second-order valence-corrected chi connectivity index (χ2v) is 9.38. The van der Waals surface area contributed by atoms with Crippen molar-refractivity contribution in [2.45, 2.75) is 31.1 Å². The minimum atomic E-state index is -3.34. The lowest BCUT2D eigenvalue weighted by atomic mass is 9.93. The number of nitrogens with zero attached hydrogens (tertiary/aromatic N) is 2. The number of nitrogens with one attached hydrogen (secondary N) is 1. The average molecular weight is 377 g/mol. The summed E-state index contributed by atoms with van der Waals surface area (Å²) in [5, 5.41) is -0.468. The zero-order chi connectivity index (χ0) is 18.9. The number of hydrogen-bond donors (Lipinski definition) is 1. The van der Waals surface area contributed by atoms with E-state index in [4.69, 9.17) is 0 Å². The number of rotatable bonds is 5. The molecule has 1 aromatic carbocycles. The highest BCUT2D eigenvalue weighted by Gasteiger charge is 2.35. The third-order valence-corrected chi connectivity index (χ3v) is 6.72. The summed E-state index contributed by atoms with van der Waals surface area (Å²) in [5.74, 6) is -0.440. The van der Waals surface area contributed by atoms with Crippen LogP contribution in [0, 0.1) is 5.95 Å². The molecule has 1 aliphatic heterocycles. The molecule has 1 fully saturated rings. The number of likely N-dealkylation sites (N-methyl/N-ethyl adjacent to an activating group) is 1. The van der Waals surface area contributed by atoms with Crippen molar-refractivity contribution < 1.29 is 12.8 Å². The minimum absolute atomic E-state index is 0.0568. The smallest absolute Gasteiger partial charge is 0.220 e. The molecule has 1 saturated heterocycles. The van der Waals surface area contributed by atoms with Gasteiger partial charge in [0, 0.05) is 36.8 Å². The molecule has 2 heterocycles. The maximum absolute atomic E-state index is 13.9. The molecule has 140 valence electrons. The summed E-state index contributed by atoms with van der Waals surface area (Å²) in [6.07, 6.45) is 1.42. The number of benzene rings is 1. The maximum Gasteiger partial charge on any atom is 0.220 e. The second-order valence-electron chi connectivity index (χ2n) is 7.11. The van der Waals surface area contributed by atoms with Crippen molar-refractivity contribution in [1.29, 1.82) is 0 Å². The van der Waals surface area contributed by atoms with Gasteiger partial charge in [0.1, 0.15) is 0 Å². The molecule has 2 aromatic rings. The fourth-order valence-corrected chi connectivity index (χ4v) is 4.25. The Bertz CT molecular complexity index is 869. The third kappa shape index (κ3) is 3.95. The molecule has 0 saturated carbocycles. The maximum atomic E-state index is 13.9. The lowest BCUT2D eigenvalue weighted by Crippen LogP contribution is -2.42. The van der Waals surface area contributed by atoms with Crippen LogP contribution in [-0.4, -0.2) is 49.7 Å². The van der Waals surface area contributed by atoms with Crippen LogP contribution in [0.2, 0.25) is 0 Å². The summed E-state index contributed by atoms with van der Waals surface area (Å²) < 4.78 is 41.2. The molecular formula is C19H24FN3O2S. The lowest BCUT2D eigenvalue weighted by Gasteiger charge is -2.22. The van der Waals surface area contributed by atoms with Gasteiger partial charge in [0.2, 0.25) is 16.0 Å². The van der Waals surface area contributed by atoms with Crippen LogP contribution >= 0.6 is 0 Å². The summed E-state index contributed by atoms with van der Waals surface area (Å²) >= 11 is 0. The number of hydrogen-bond acceptors (Lipinski definition) is 4. The molecule has 0 bridgehead atoms. The van der Waals surface area contributed by atoms with E-state index in [9.17, 15) is 12.8 Å². The van der Waals surface area contributed by atoms with Gasteiger partial charge in [0.25, 0.3) is 0 Å². The van der Waals surface area contributed by atoms with Crippen molar-refractivity contribution in [3.05, 3.63) is 54.1 Å². The molecule has 7 heteroatoms. The first-order valence-corrected chi connectivity index (χ1v) is 10.2. The van der Waals surface area contributed by atoms with Crippen LogP contribution in [0.1, 0.15) is 25.3 Å². The first-order valence-electron chi connectivity index (χ1n) is 8.68. The number of likely N-dealkylation sites (tertiary alicyclic amines) is 1. The molecule has 1 aliphatic rings. The lowest BCUT2D eigenvalue weighted by molar-refractivity contribution is 0.404. The number of aromatic nitrogens is 1. The van der Waals surface area contributed by atoms with E-state index in [2.05, 4.69) is 14.6 Å². The van der Waals surface area contributed by atoms with E-state index < -0.39 is 21.2 Å². The highest BCUT2D eigenvalue weighted by atomic mass is 32.2. The highest BCUT2D eigenvalue weighted by molar-refractivity contribution is 7.90. The Kier molecular flexibility index (Phi) is 5.41. The predicted molar refractivity (Wildman–Crippen MR) is 101 cm³/mol. The van der Waals surface area contributed by atoms with E-state index in [0.29, 0.717) is 12.1 Å². The van der Waals surface area contributed by atoms with Crippen LogP contribution in [0.25, 0.3) is 11.1 Å². The Labute approximate surface area is 154 Å². The van der Waals surface area contributed by atoms with Gasteiger partial charge in [0.05, 0.1) is 5.25 Å².